The quantitative estimate of drug-likeness (QED) is 0.720. The van der Waals surface area contributed by atoms with Gasteiger partial charge in [-0.3, -0.25) is 4.79 Å². The fraction of sp³-hybridized carbons (Fsp3) is 0.292. The largest absolute Gasteiger partial charge is 0.497 e. The molecule has 4 rings (SSSR count). The average molecular weight is 425 g/mol. The molecule has 0 saturated carbocycles. The summed E-state index contributed by atoms with van der Waals surface area (Å²) in [4.78, 5) is 14.7. The number of hydrogen-bond acceptors (Lipinski definition) is 4. The second kappa shape index (κ2) is 9.26. The van der Waals surface area contributed by atoms with Crippen molar-refractivity contribution in [3.05, 3.63) is 70.8 Å². The summed E-state index contributed by atoms with van der Waals surface area (Å²) < 4.78 is 10.9. The smallest absolute Gasteiger partial charge is 0.244 e. The van der Waals surface area contributed by atoms with E-state index >= 15 is 0 Å². The molecule has 2 aliphatic heterocycles. The van der Waals surface area contributed by atoms with Gasteiger partial charge in [-0.2, -0.15) is 0 Å². The molecule has 0 aliphatic carbocycles. The number of fused-ring (bicyclic) bond motifs is 1. The summed E-state index contributed by atoms with van der Waals surface area (Å²) in [7, 11) is 1.67. The highest BCUT2D eigenvalue weighted by atomic mass is 35.5. The first-order valence-electron chi connectivity index (χ1n) is 10.1. The van der Waals surface area contributed by atoms with E-state index in [9.17, 15) is 4.79 Å². The van der Waals surface area contributed by atoms with Crippen LogP contribution < -0.4 is 19.7 Å². The number of methoxy groups -OCH3 is 1. The van der Waals surface area contributed by atoms with Crippen LogP contribution >= 0.6 is 11.6 Å². The molecule has 30 heavy (non-hydrogen) atoms. The van der Waals surface area contributed by atoms with E-state index in [1.807, 2.05) is 42.5 Å². The summed E-state index contributed by atoms with van der Waals surface area (Å²) in [5.74, 6) is 1.60. The number of anilines is 1. The maximum atomic E-state index is 12.4. The van der Waals surface area contributed by atoms with Crippen LogP contribution in [0.1, 0.15) is 18.4 Å². The standard InChI is InChI=1S/C24H25ClN2O3/c1-29-22-6-4-21(5-7-22)27-12-10-20(11-13-27)26-24(28)9-2-17-14-18-15-19(25)3-8-23(18)30-16-17/h2-9,14-15,20H,10-13,16H2,1H3,(H,26,28)/b9-2+. The first-order chi connectivity index (χ1) is 14.6. The number of benzene rings is 2. The van der Waals surface area contributed by atoms with Crippen LogP contribution in [0.25, 0.3) is 6.08 Å². The van der Waals surface area contributed by atoms with Gasteiger partial charge in [0.15, 0.2) is 0 Å². The second-order valence-electron chi connectivity index (χ2n) is 7.49. The molecule has 0 atom stereocenters. The van der Waals surface area contributed by atoms with Gasteiger partial charge in [-0.25, -0.2) is 0 Å². The number of carbonyl (C=O) groups excluding carboxylic acids is 1. The van der Waals surface area contributed by atoms with Crippen molar-refractivity contribution in [3.63, 3.8) is 0 Å². The van der Waals surface area contributed by atoms with Crippen molar-refractivity contribution < 1.29 is 14.3 Å². The molecule has 1 amide bonds. The molecule has 0 spiro atoms. The molecule has 0 unspecified atom stereocenters. The Morgan fingerprint density at radius 3 is 2.70 bits per heavy atom. The molecule has 1 saturated heterocycles. The molecule has 2 aromatic rings. The van der Waals surface area contributed by atoms with Crippen molar-refractivity contribution in [3.8, 4) is 11.5 Å². The van der Waals surface area contributed by atoms with Crippen LogP contribution in [0.5, 0.6) is 11.5 Å². The van der Waals surface area contributed by atoms with Gasteiger partial charge in [0.25, 0.3) is 0 Å². The zero-order valence-corrected chi connectivity index (χ0v) is 17.7. The zero-order chi connectivity index (χ0) is 20.9. The molecular weight excluding hydrogens is 400 g/mol. The third kappa shape index (κ3) is 4.97. The van der Waals surface area contributed by atoms with Crippen molar-refractivity contribution in [1.82, 2.24) is 5.32 Å². The van der Waals surface area contributed by atoms with E-state index in [-0.39, 0.29) is 11.9 Å². The van der Waals surface area contributed by atoms with Crippen LogP contribution in [0.3, 0.4) is 0 Å². The molecule has 6 heteroatoms. The molecule has 0 radical (unpaired) electrons. The van der Waals surface area contributed by atoms with Gasteiger partial charge in [0.05, 0.1) is 7.11 Å². The second-order valence-corrected chi connectivity index (χ2v) is 7.93. The van der Waals surface area contributed by atoms with Gasteiger partial charge < -0.3 is 19.7 Å². The van der Waals surface area contributed by atoms with Crippen molar-refractivity contribution in [2.75, 3.05) is 31.7 Å². The summed E-state index contributed by atoms with van der Waals surface area (Å²) in [6.07, 6.45) is 7.24. The highest BCUT2D eigenvalue weighted by Crippen LogP contribution is 2.29. The highest BCUT2D eigenvalue weighted by Gasteiger charge is 2.20. The Morgan fingerprint density at radius 1 is 1.20 bits per heavy atom. The van der Waals surface area contributed by atoms with E-state index in [1.165, 1.54) is 5.69 Å². The lowest BCUT2D eigenvalue weighted by molar-refractivity contribution is -0.117. The van der Waals surface area contributed by atoms with Crippen LogP contribution in [0.4, 0.5) is 5.69 Å². The van der Waals surface area contributed by atoms with E-state index in [2.05, 4.69) is 22.3 Å². The summed E-state index contributed by atoms with van der Waals surface area (Å²) in [5.41, 5.74) is 3.05. The predicted molar refractivity (Wildman–Crippen MR) is 120 cm³/mol. The maximum absolute atomic E-state index is 12.4. The predicted octanol–water partition coefficient (Wildman–Crippen LogP) is 4.47. The van der Waals surface area contributed by atoms with Gasteiger partial charge in [-0.1, -0.05) is 17.7 Å². The number of ether oxygens (including phenoxy) is 2. The SMILES string of the molecule is COc1ccc(N2CCC(NC(=O)/C=C/C3=Cc4cc(Cl)ccc4OC3)CC2)cc1. The Kier molecular flexibility index (Phi) is 6.29. The van der Waals surface area contributed by atoms with Crippen LogP contribution in [-0.4, -0.2) is 38.8 Å². The lowest BCUT2D eigenvalue weighted by Crippen LogP contribution is -2.44. The number of carbonyl (C=O) groups is 1. The van der Waals surface area contributed by atoms with E-state index < -0.39 is 0 Å². The Hall–Kier alpha value is -2.92. The summed E-state index contributed by atoms with van der Waals surface area (Å²) in [5, 5.41) is 3.78. The molecule has 5 nitrogen and oxygen atoms in total. The lowest BCUT2D eigenvalue weighted by Gasteiger charge is -2.33. The van der Waals surface area contributed by atoms with Gasteiger partial charge in [-0.05, 0) is 67.0 Å². The third-order valence-electron chi connectivity index (χ3n) is 5.43. The van der Waals surface area contributed by atoms with E-state index in [4.69, 9.17) is 21.1 Å². The molecule has 156 valence electrons. The highest BCUT2D eigenvalue weighted by molar-refractivity contribution is 6.30. The molecule has 2 aromatic carbocycles. The van der Waals surface area contributed by atoms with Gasteiger partial charge in [-0.15, -0.1) is 0 Å². The summed E-state index contributed by atoms with van der Waals surface area (Å²) in [6.45, 7) is 2.27. The molecular formula is C24H25ClN2O3. The normalized spacial score (nSPS) is 16.6. The van der Waals surface area contributed by atoms with Crippen LogP contribution in [0.15, 0.2) is 60.2 Å². The Bertz CT molecular complexity index is 961. The first-order valence-corrected chi connectivity index (χ1v) is 10.5. The van der Waals surface area contributed by atoms with Crippen molar-refractivity contribution in [2.45, 2.75) is 18.9 Å². The summed E-state index contributed by atoms with van der Waals surface area (Å²) in [6, 6.07) is 13.8. The molecule has 1 N–H and O–H groups in total. The van der Waals surface area contributed by atoms with E-state index in [0.717, 1.165) is 48.6 Å². The first kappa shape index (κ1) is 20.4. The minimum atomic E-state index is -0.0734. The molecule has 0 aromatic heterocycles. The number of rotatable bonds is 5. The van der Waals surface area contributed by atoms with Gasteiger partial charge in [0.1, 0.15) is 18.1 Å². The van der Waals surface area contributed by atoms with Crippen LogP contribution in [0.2, 0.25) is 5.02 Å². The molecule has 2 aliphatic rings. The van der Waals surface area contributed by atoms with Crippen LogP contribution in [-0.2, 0) is 4.79 Å². The monoisotopic (exact) mass is 424 g/mol. The minimum absolute atomic E-state index is 0.0734. The van der Waals surface area contributed by atoms with E-state index in [0.29, 0.717) is 11.6 Å². The number of hydrogen-bond donors (Lipinski definition) is 1. The average Bonchev–Trinajstić information content (AvgIpc) is 2.78. The Labute approximate surface area is 181 Å². The maximum Gasteiger partial charge on any atom is 0.244 e. The van der Waals surface area contributed by atoms with E-state index in [1.54, 1.807) is 13.2 Å². The molecule has 2 heterocycles. The van der Waals surface area contributed by atoms with Crippen LogP contribution in [0, 0.1) is 0 Å². The topological polar surface area (TPSA) is 50.8 Å². The third-order valence-corrected chi connectivity index (χ3v) is 5.67. The van der Waals surface area contributed by atoms with Gasteiger partial charge >= 0.3 is 0 Å². The fourth-order valence-corrected chi connectivity index (χ4v) is 3.95. The molecule has 1 fully saturated rings. The number of nitrogens with one attached hydrogen (secondary N) is 1. The summed E-state index contributed by atoms with van der Waals surface area (Å²) >= 11 is 6.05. The fourth-order valence-electron chi connectivity index (χ4n) is 3.77. The van der Waals surface area contributed by atoms with Gasteiger partial charge in [0, 0.05) is 41.5 Å². The van der Waals surface area contributed by atoms with Crippen molar-refractivity contribution in [1.29, 1.82) is 0 Å². The Balaban J connectivity index is 1.28. The van der Waals surface area contributed by atoms with Crippen molar-refractivity contribution >= 4 is 29.3 Å². The zero-order valence-electron chi connectivity index (χ0n) is 16.9. The lowest BCUT2D eigenvalue weighted by atomic mass is 10.0. The molecule has 0 bridgehead atoms. The number of piperidine rings is 1. The van der Waals surface area contributed by atoms with Crippen molar-refractivity contribution in [2.24, 2.45) is 0 Å². The minimum Gasteiger partial charge on any atom is -0.497 e. The number of amides is 1. The van der Waals surface area contributed by atoms with Gasteiger partial charge in [0.2, 0.25) is 5.91 Å². The number of nitrogens with zero attached hydrogens (tertiary/aromatic N) is 1. The Morgan fingerprint density at radius 2 is 1.97 bits per heavy atom. The number of halogens is 1.